The van der Waals surface area contributed by atoms with E-state index in [1.54, 1.807) is 12.5 Å². The van der Waals surface area contributed by atoms with Crippen molar-refractivity contribution < 1.29 is 0 Å². The lowest BCUT2D eigenvalue weighted by molar-refractivity contribution is 0.611. The number of rotatable bonds is 3. The minimum Gasteiger partial charge on any atom is -0.352 e. The first-order valence-corrected chi connectivity index (χ1v) is 5.09. The number of anilines is 1. The normalized spacial score (nSPS) is 21.5. The Labute approximate surface area is 84.4 Å². The van der Waals surface area contributed by atoms with Gasteiger partial charge in [0.1, 0.15) is 12.1 Å². The predicted octanol–water partition coefficient (Wildman–Crippen LogP) is 0.665. The van der Waals surface area contributed by atoms with Gasteiger partial charge in [0, 0.05) is 25.3 Å². The van der Waals surface area contributed by atoms with Crippen molar-refractivity contribution in [1.29, 1.82) is 0 Å². The van der Waals surface area contributed by atoms with E-state index >= 15 is 0 Å². The van der Waals surface area contributed by atoms with Gasteiger partial charge in [0.2, 0.25) is 0 Å². The molecule has 0 aliphatic carbocycles. The van der Waals surface area contributed by atoms with Gasteiger partial charge in [0.25, 0.3) is 0 Å². The fraction of sp³-hybridized carbons (Fsp3) is 0.600. The van der Waals surface area contributed by atoms with Crippen molar-refractivity contribution in [3.05, 3.63) is 18.6 Å². The molecule has 1 N–H and O–H groups in total. The zero-order chi connectivity index (χ0) is 9.80. The third kappa shape index (κ3) is 1.85. The van der Waals surface area contributed by atoms with E-state index in [0.29, 0.717) is 6.04 Å². The SMILES string of the molecule is CNCC1CCCN1c1ccncn1. The molecule has 0 bridgehead atoms. The van der Waals surface area contributed by atoms with Crippen LogP contribution < -0.4 is 10.2 Å². The van der Waals surface area contributed by atoms with Crippen LogP contribution in [0.5, 0.6) is 0 Å². The molecular formula is C10H16N4. The molecule has 76 valence electrons. The summed E-state index contributed by atoms with van der Waals surface area (Å²) in [5.41, 5.74) is 0. The number of nitrogens with zero attached hydrogens (tertiary/aromatic N) is 3. The molecular weight excluding hydrogens is 176 g/mol. The van der Waals surface area contributed by atoms with Gasteiger partial charge in [-0.15, -0.1) is 0 Å². The fourth-order valence-corrected chi connectivity index (χ4v) is 2.04. The second-order valence-electron chi connectivity index (χ2n) is 3.61. The highest BCUT2D eigenvalue weighted by Crippen LogP contribution is 2.22. The maximum atomic E-state index is 4.28. The maximum absolute atomic E-state index is 4.28. The first kappa shape index (κ1) is 9.40. The molecule has 1 saturated heterocycles. The molecule has 0 amide bonds. The van der Waals surface area contributed by atoms with E-state index in [1.165, 1.54) is 12.8 Å². The molecule has 14 heavy (non-hydrogen) atoms. The number of hydrogen-bond acceptors (Lipinski definition) is 4. The fourth-order valence-electron chi connectivity index (χ4n) is 2.04. The number of hydrogen-bond donors (Lipinski definition) is 1. The molecule has 2 rings (SSSR count). The summed E-state index contributed by atoms with van der Waals surface area (Å²) in [6.45, 7) is 2.15. The average molecular weight is 192 g/mol. The molecule has 1 aromatic heterocycles. The van der Waals surface area contributed by atoms with Gasteiger partial charge in [-0.1, -0.05) is 0 Å². The Kier molecular flexibility index (Phi) is 2.93. The van der Waals surface area contributed by atoms with Gasteiger partial charge < -0.3 is 10.2 Å². The minimum atomic E-state index is 0.592. The van der Waals surface area contributed by atoms with E-state index in [-0.39, 0.29) is 0 Å². The first-order valence-electron chi connectivity index (χ1n) is 5.09. The Morgan fingerprint density at radius 2 is 2.57 bits per heavy atom. The Morgan fingerprint density at radius 3 is 3.29 bits per heavy atom. The lowest BCUT2D eigenvalue weighted by Crippen LogP contribution is -2.37. The quantitative estimate of drug-likeness (QED) is 0.764. The molecule has 0 aromatic carbocycles. The molecule has 0 spiro atoms. The van der Waals surface area contributed by atoms with Crippen LogP contribution in [-0.2, 0) is 0 Å². The van der Waals surface area contributed by atoms with Crippen LogP contribution in [-0.4, -0.2) is 36.1 Å². The van der Waals surface area contributed by atoms with Crippen molar-refractivity contribution in [3.63, 3.8) is 0 Å². The summed E-state index contributed by atoms with van der Waals surface area (Å²) in [5.74, 6) is 1.05. The third-order valence-electron chi connectivity index (χ3n) is 2.68. The third-order valence-corrected chi connectivity index (χ3v) is 2.68. The predicted molar refractivity (Wildman–Crippen MR) is 56.3 cm³/mol. The highest BCUT2D eigenvalue weighted by Gasteiger charge is 2.24. The molecule has 0 saturated carbocycles. The van der Waals surface area contributed by atoms with Crippen molar-refractivity contribution in [2.45, 2.75) is 18.9 Å². The first-order chi connectivity index (χ1) is 6.92. The van der Waals surface area contributed by atoms with Crippen molar-refractivity contribution in [2.24, 2.45) is 0 Å². The van der Waals surface area contributed by atoms with Gasteiger partial charge in [-0.3, -0.25) is 0 Å². The van der Waals surface area contributed by atoms with Crippen LogP contribution in [0.3, 0.4) is 0 Å². The Bertz CT molecular complexity index is 275. The molecule has 0 radical (unpaired) electrons. The maximum Gasteiger partial charge on any atom is 0.132 e. The van der Waals surface area contributed by atoms with Gasteiger partial charge in [0.15, 0.2) is 0 Å². The van der Waals surface area contributed by atoms with Gasteiger partial charge >= 0.3 is 0 Å². The topological polar surface area (TPSA) is 41.0 Å². The molecule has 1 aliphatic heterocycles. The highest BCUT2D eigenvalue weighted by atomic mass is 15.2. The molecule has 1 fully saturated rings. The van der Waals surface area contributed by atoms with Gasteiger partial charge in [-0.25, -0.2) is 9.97 Å². The second-order valence-corrected chi connectivity index (χ2v) is 3.61. The van der Waals surface area contributed by atoms with E-state index in [2.05, 4.69) is 20.2 Å². The van der Waals surface area contributed by atoms with Crippen LogP contribution in [0.2, 0.25) is 0 Å². The van der Waals surface area contributed by atoms with E-state index < -0.39 is 0 Å². The molecule has 1 atom stereocenters. The van der Waals surface area contributed by atoms with Crippen molar-refractivity contribution in [1.82, 2.24) is 15.3 Å². The molecule has 2 heterocycles. The van der Waals surface area contributed by atoms with Crippen molar-refractivity contribution >= 4 is 5.82 Å². The smallest absolute Gasteiger partial charge is 0.132 e. The van der Waals surface area contributed by atoms with Gasteiger partial charge in [-0.2, -0.15) is 0 Å². The van der Waals surface area contributed by atoms with E-state index in [9.17, 15) is 0 Å². The zero-order valence-electron chi connectivity index (χ0n) is 8.48. The Morgan fingerprint density at radius 1 is 1.64 bits per heavy atom. The highest BCUT2D eigenvalue weighted by molar-refractivity contribution is 5.39. The van der Waals surface area contributed by atoms with Crippen LogP contribution in [0.4, 0.5) is 5.82 Å². The van der Waals surface area contributed by atoms with E-state index in [4.69, 9.17) is 0 Å². The van der Waals surface area contributed by atoms with Crippen molar-refractivity contribution in [2.75, 3.05) is 25.0 Å². The number of aromatic nitrogens is 2. The molecule has 1 aliphatic rings. The number of nitrogens with one attached hydrogen (secondary N) is 1. The monoisotopic (exact) mass is 192 g/mol. The molecule has 4 nitrogen and oxygen atoms in total. The summed E-state index contributed by atoms with van der Waals surface area (Å²) in [6.07, 6.45) is 5.93. The van der Waals surface area contributed by atoms with E-state index in [1.807, 2.05) is 13.1 Å². The minimum absolute atomic E-state index is 0.592. The second kappa shape index (κ2) is 4.37. The number of likely N-dealkylation sites (N-methyl/N-ethyl adjacent to an activating group) is 1. The Balaban J connectivity index is 2.10. The zero-order valence-corrected chi connectivity index (χ0v) is 8.48. The average Bonchev–Trinajstić information content (AvgIpc) is 2.68. The standard InChI is InChI=1S/C10H16N4/c1-11-7-9-3-2-6-14(9)10-4-5-12-8-13-10/h4-5,8-9,11H,2-3,6-7H2,1H3. The van der Waals surface area contributed by atoms with E-state index in [0.717, 1.165) is 18.9 Å². The van der Waals surface area contributed by atoms with Crippen LogP contribution in [0.15, 0.2) is 18.6 Å². The summed E-state index contributed by atoms with van der Waals surface area (Å²) in [5, 5.41) is 3.22. The summed E-state index contributed by atoms with van der Waals surface area (Å²) >= 11 is 0. The van der Waals surface area contributed by atoms with Crippen LogP contribution >= 0.6 is 0 Å². The summed E-state index contributed by atoms with van der Waals surface area (Å²) < 4.78 is 0. The van der Waals surface area contributed by atoms with Crippen molar-refractivity contribution in [3.8, 4) is 0 Å². The Hall–Kier alpha value is -1.16. The molecule has 1 aromatic rings. The largest absolute Gasteiger partial charge is 0.352 e. The van der Waals surface area contributed by atoms with Gasteiger partial charge in [0.05, 0.1) is 0 Å². The lowest BCUT2D eigenvalue weighted by Gasteiger charge is -2.25. The summed E-state index contributed by atoms with van der Waals surface area (Å²) in [6, 6.07) is 2.57. The molecule has 1 unspecified atom stereocenters. The van der Waals surface area contributed by atoms with Crippen LogP contribution in [0.1, 0.15) is 12.8 Å². The summed E-state index contributed by atoms with van der Waals surface area (Å²) in [4.78, 5) is 10.6. The summed E-state index contributed by atoms with van der Waals surface area (Å²) in [7, 11) is 2.00. The van der Waals surface area contributed by atoms with Crippen LogP contribution in [0.25, 0.3) is 0 Å². The van der Waals surface area contributed by atoms with Crippen LogP contribution in [0, 0.1) is 0 Å². The molecule has 4 heteroatoms. The van der Waals surface area contributed by atoms with Gasteiger partial charge in [-0.05, 0) is 26.0 Å². The lowest BCUT2D eigenvalue weighted by atomic mass is 10.2.